The SMILES string of the molecule is OCCCCCCCCCCC(O)S. The van der Waals surface area contributed by atoms with Crippen molar-refractivity contribution in [1.29, 1.82) is 0 Å². The van der Waals surface area contributed by atoms with Crippen LogP contribution in [-0.4, -0.2) is 22.3 Å². The van der Waals surface area contributed by atoms with Crippen LogP contribution in [0, 0.1) is 0 Å². The van der Waals surface area contributed by atoms with Gasteiger partial charge in [0.25, 0.3) is 0 Å². The van der Waals surface area contributed by atoms with Gasteiger partial charge in [0.2, 0.25) is 0 Å². The molecule has 14 heavy (non-hydrogen) atoms. The smallest absolute Gasteiger partial charge is 0.0964 e. The van der Waals surface area contributed by atoms with E-state index in [1.54, 1.807) is 0 Å². The monoisotopic (exact) mass is 220 g/mol. The molecule has 0 radical (unpaired) electrons. The highest BCUT2D eigenvalue weighted by Crippen LogP contribution is 2.11. The zero-order valence-corrected chi connectivity index (χ0v) is 9.88. The van der Waals surface area contributed by atoms with Crippen molar-refractivity contribution in [2.45, 2.75) is 63.2 Å². The number of aliphatic hydroxyl groups excluding tert-OH is 2. The third kappa shape index (κ3) is 12.3. The Hall–Kier alpha value is 0.270. The van der Waals surface area contributed by atoms with Crippen LogP contribution in [0.1, 0.15) is 57.8 Å². The minimum Gasteiger partial charge on any atom is -0.396 e. The van der Waals surface area contributed by atoms with Crippen LogP contribution in [0.25, 0.3) is 0 Å². The van der Waals surface area contributed by atoms with E-state index in [1.165, 1.54) is 32.1 Å². The predicted molar refractivity (Wildman–Crippen MR) is 63.6 cm³/mol. The molecule has 0 heterocycles. The van der Waals surface area contributed by atoms with Gasteiger partial charge >= 0.3 is 0 Å². The molecule has 0 spiro atoms. The summed E-state index contributed by atoms with van der Waals surface area (Å²) >= 11 is 3.91. The first kappa shape index (κ1) is 14.3. The Morgan fingerprint density at radius 3 is 1.64 bits per heavy atom. The Kier molecular flexibility index (Phi) is 11.6. The largest absolute Gasteiger partial charge is 0.396 e. The molecule has 0 aromatic rings. The van der Waals surface area contributed by atoms with E-state index in [0.29, 0.717) is 6.61 Å². The minimum absolute atomic E-state index is 0.333. The molecule has 0 aliphatic rings. The average Bonchev–Trinajstić information content (AvgIpc) is 2.15. The summed E-state index contributed by atoms with van der Waals surface area (Å²) in [6.07, 6.45) is 10.3. The summed E-state index contributed by atoms with van der Waals surface area (Å²) in [5, 5.41) is 17.5. The molecular formula is C11H24O2S. The predicted octanol–water partition coefficient (Wildman–Crippen LogP) is 2.74. The van der Waals surface area contributed by atoms with Gasteiger partial charge in [-0.2, -0.15) is 0 Å². The van der Waals surface area contributed by atoms with Gasteiger partial charge in [-0.05, 0) is 12.8 Å². The van der Waals surface area contributed by atoms with Crippen LogP contribution in [0.2, 0.25) is 0 Å². The van der Waals surface area contributed by atoms with Gasteiger partial charge in [0.1, 0.15) is 0 Å². The molecule has 0 amide bonds. The molecule has 0 saturated carbocycles. The van der Waals surface area contributed by atoms with Gasteiger partial charge in [-0.25, -0.2) is 0 Å². The van der Waals surface area contributed by atoms with E-state index in [4.69, 9.17) is 10.2 Å². The highest BCUT2D eigenvalue weighted by Gasteiger charge is 1.96. The van der Waals surface area contributed by atoms with Crippen LogP contribution < -0.4 is 0 Å². The van der Waals surface area contributed by atoms with Gasteiger partial charge in [-0.3, -0.25) is 0 Å². The zero-order valence-electron chi connectivity index (χ0n) is 8.99. The lowest BCUT2D eigenvalue weighted by atomic mass is 10.1. The van der Waals surface area contributed by atoms with Gasteiger partial charge in [-0.1, -0.05) is 44.9 Å². The molecule has 2 N–H and O–H groups in total. The molecule has 1 unspecified atom stereocenters. The molecule has 0 saturated heterocycles. The van der Waals surface area contributed by atoms with Crippen molar-refractivity contribution in [2.24, 2.45) is 0 Å². The summed E-state index contributed by atoms with van der Waals surface area (Å²) in [5.41, 5.74) is -0.431. The first-order valence-electron chi connectivity index (χ1n) is 5.74. The van der Waals surface area contributed by atoms with E-state index in [-0.39, 0.29) is 0 Å². The lowest BCUT2D eigenvalue weighted by molar-refractivity contribution is 0.249. The summed E-state index contributed by atoms with van der Waals surface area (Å²) in [7, 11) is 0. The van der Waals surface area contributed by atoms with Crippen LogP contribution in [0.3, 0.4) is 0 Å². The number of unbranched alkanes of at least 4 members (excludes halogenated alkanes) is 7. The van der Waals surface area contributed by atoms with Crippen LogP contribution >= 0.6 is 12.6 Å². The van der Waals surface area contributed by atoms with Crippen molar-refractivity contribution in [3.63, 3.8) is 0 Å². The Balaban J connectivity index is 2.85. The summed E-state index contributed by atoms with van der Waals surface area (Å²) in [5.74, 6) is 0. The summed E-state index contributed by atoms with van der Waals surface area (Å²) in [6, 6.07) is 0. The molecule has 3 heteroatoms. The second-order valence-electron chi connectivity index (χ2n) is 3.82. The van der Waals surface area contributed by atoms with Crippen LogP contribution in [0.15, 0.2) is 0 Å². The normalized spacial score (nSPS) is 13.1. The molecular weight excluding hydrogens is 196 g/mol. The Morgan fingerprint density at radius 1 is 0.786 bits per heavy atom. The van der Waals surface area contributed by atoms with Crippen molar-refractivity contribution in [2.75, 3.05) is 6.61 Å². The highest BCUT2D eigenvalue weighted by atomic mass is 32.1. The zero-order chi connectivity index (χ0) is 10.6. The number of hydrogen-bond acceptors (Lipinski definition) is 3. The maximum Gasteiger partial charge on any atom is 0.0964 e. The number of thiol groups is 1. The van der Waals surface area contributed by atoms with Crippen LogP contribution in [0.5, 0.6) is 0 Å². The first-order chi connectivity index (χ1) is 6.77. The molecule has 0 bridgehead atoms. The first-order valence-corrected chi connectivity index (χ1v) is 6.26. The van der Waals surface area contributed by atoms with E-state index in [9.17, 15) is 0 Å². The van der Waals surface area contributed by atoms with Crippen LogP contribution in [0.4, 0.5) is 0 Å². The maximum atomic E-state index is 8.89. The molecule has 0 fully saturated rings. The standard InChI is InChI=1S/C11H24O2S/c12-10-8-6-4-2-1-3-5-7-9-11(13)14/h11-14H,1-10H2. The van der Waals surface area contributed by atoms with Crippen molar-refractivity contribution in [1.82, 2.24) is 0 Å². The second kappa shape index (κ2) is 11.3. The average molecular weight is 220 g/mol. The lowest BCUT2D eigenvalue weighted by Crippen LogP contribution is -1.94. The number of hydrogen-bond donors (Lipinski definition) is 3. The molecule has 0 rings (SSSR count). The lowest BCUT2D eigenvalue weighted by Gasteiger charge is -2.03. The third-order valence-electron chi connectivity index (χ3n) is 2.37. The van der Waals surface area contributed by atoms with Crippen molar-refractivity contribution in [3.05, 3.63) is 0 Å². The van der Waals surface area contributed by atoms with Gasteiger partial charge in [0.15, 0.2) is 0 Å². The fourth-order valence-electron chi connectivity index (χ4n) is 1.50. The quantitative estimate of drug-likeness (QED) is 0.301. The molecule has 0 aromatic heterocycles. The van der Waals surface area contributed by atoms with Gasteiger partial charge in [0, 0.05) is 6.61 Å². The molecule has 2 nitrogen and oxygen atoms in total. The number of rotatable bonds is 10. The fourth-order valence-corrected chi connectivity index (χ4v) is 1.68. The van der Waals surface area contributed by atoms with Gasteiger partial charge < -0.3 is 10.2 Å². The van der Waals surface area contributed by atoms with E-state index < -0.39 is 5.44 Å². The second-order valence-corrected chi connectivity index (χ2v) is 4.42. The van der Waals surface area contributed by atoms with E-state index in [2.05, 4.69) is 12.6 Å². The number of aliphatic hydroxyl groups is 2. The summed E-state index contributed by atoms with van der Waals surface area (Å²) in [6.45, 7) is 0.333. The minimum atomic E-state index is -0.431. The molecule has 1 atom stereocenters. The molecule has 0 aliphatic carbocycles. The van der Waals surface area contributed by atoms with Gasteiger partial charge in [-0.15, -0.1) is 12.6 Å². The topological polar surface area (TPSA) is 40.5 Å². The Bertz CT molecular complexity index is 107. The highest BCUT2D eigenvalue weighted by molar-refractivity contribution is 7.80. The Morgan fingerprint density at radius 2 is 1.21 bits per heavy atom. The molecule has 0 aliphatic heterocycles. The van der Waals surface area contributed by atoms with E-state index in [1.807, 2.05) is 0 Å². The summed E-state index contributed by atoms with van der Waals surface area (Å²) in [4.78, 5) is 0. The van der Waals surface area contributed by atoms with Crippen molar-refractivity contribution < 1.29 is 10.2 Å². The molecule has 86 valence electrons. The van der Waals surface area contributed by atoms with E-state index >= 15 is 0 Å². The van der Waals surface area contributed by atoms with Gasteiger partial charge in [0.05, 0.1) is 5.44 Å². The third-order valence-corrected chi connectivity index (χ3v) is 2.63. The Labute approximate surface area is 93.1 Å². The van der Waals surface area contributed by atoms with Crippen LogP contribution in [-0.2, 0) is 0 Å². The molecule has 0 aromatic carbocycles. The van der Waals surface area contributed by atoms with Crippen molar-refractivity contribution in [3.8, 4) is 0 Å². The summed E-state index contributed by atoms with van der Waals surface area (Å²) < 4.78 is 0. The maximum absolute atomic E-state index is 8.89. The van der Waals surface area contributed by atoms with E-state index in [0.717, 1.165) is 25.7 Å². The fraction of sp³-hybridized carbons (Fsp3) is 1.00. The van der Waals surface area contributed by atoms with Crippen molar-refractivity contribution >= 4 is 12.6 Å².